The first-order valence-electron chi connectivity index (χ1n) is 5.87. The number of ether oxygens (including phenoxy) is 1. The fourth-order valence-corrected chi connectivity index (χ4v) is 2.25. The normalized spacial score (nSPS) is 19.9. The van der Waals surface area contributed by atoms with Crippen molar-refractivity contribution in [1.82, 2.24) is 0 Å². The topological polar surface area (TPSA) is 38.3 Å². The summed E-state index contributed by atoms with van der Waals surface area (Å²) >= 11 is 3.40. The van der Waals surface area contributed by atoms with E-state index in [1.165, 1.54) is 0 Å². The summed E-state index contributed by atoms with van der Waals surface area (Å²) in [6.07, 6.45) is 2.67. The Labute approximate surface area is 110 Å². The quantitative estimate of drug-likeness (QED) is 0.871. The van der Waals surface area contributed by atoms with Crippen molar-refractivity contribution >= 4 is 27.5 Å². The standard InChI is InChI=1S/C13H16BrNO2/c14-9-10-4-3-5-11(8-10)15-13(16)12-6-1-2-7-17-12/h3-5,8,12H,1-2,6-7,9H2,(H,15,16). The summed E-state index contributed by atoms with van der Waals surface area (Å²) in [7, 11) is 0. The number of rotatable bonds is 3. The zero-order chi connectivity index (χ0) is 12.1. The molecule has 1 aromatic rings. The Morgan fingerprint density at radius 2 is 2.35 bits per heavy atom. The molecule has 0 spiro atoms. The molecule has 17 heavy (non-hydrogen) atoms. The first-order valence-corrected chi connectivity index (χ1v) is 6.99. The minimum atomic E-state index is -0.281. The molecule has 1 saturated heterocycles. The average Bonchev–Trinajstić information content (AvgIpc) is 2.40. The summed E-state index contributed by atoms with van der Waals surface area (Å²) in [5.41, 5.74) is 1.98. The molecule has 0 bridgehead atoms. The van der Waals surface area contributed by atoms with E-state index in [0.717, 1.165) is 35.8 Å². The molecule has 1 unspecified atom stereocenters. The number of carbonyl (C=O) groups excluding carboxylic acids is 1. The van der Waals surface area contributed by atoms with Crippen LogP contribution in [-0.4, -0.2) is 18.6 Å². The van der Waals surface area contributed by atoms with Crippen LogP contribution in [0.4, 0.5) is 5.69 Å². The lowest BCUT2D eigenvalue weighted by molar-refractivity contribution is -0.129. The van der Waals surface area contributed by atoms with Crippen LogP contribution in [-0.2, 0) is 14.9 Å². The highest BCUT2D eigenvalue weighted by molar-refractivity contribution is 9.08. The maximum atomic E-state index is 11.9. The fourth-order valence-electron chi connectivity index (χ4n) is 1.90. The summed E-state index contributed by atoms with van der Waals surface area (Å²) in [6, 6.07) is 7.82. The smallest absolute Gasteiger partial charge is 0.253 e. The Balaban J connectivity index is 1.96. The maximum Gasteiger partial charge on any atom is 0.253 e. The number of alkyl halides is 1. The molecule has 3 nitrogen and oxygen atoms in total. The highest BCUT2D eigenvalue weighted by Crippen LogP contribution is 2.17. The third kappa shape index (κ3) is 3.54. The zero-order valence-corrected chi connectivity index (χ0v) is 11.2. The van der Waals surface area contributed by atoms with Crippen molar-refractivity contribution < 1.29 is 9.53 Å². The predicted octanol–water partition coefficient (Wildman–Crippen LogP) is 3.09. The summed E-state index contributed by atoms with van der Waals surface area (Å²) < 4.78 is 5.45. The Morgan fingerprint density at radius 1 is 1.47 bits per heavy atom. The van der Waals surface area contributed by atoms with Crippen LogP contribution in [0.25, 0.3) is 0 Å². The van der Waals surface area contributed by atoms with Gasteiger partial charge in [-0.2, -0.15) is 0 Å². The second-order valence-electron chi connectivity index (χ2n) is 4.18. The lowest BCUT2D eigenvalue weighted by atomic mass is 10.1. The van der Waals surface area contributed by atoms with Gasteiger partial charge in [0, 0.05) is 17.6 Å². The lowest BCUT2D eigenvalue weighted by Gasteiger charge is -2.21. The third-order valence-electron chi connectivity index (χ3n) is 2.82. The van der Waals surface area contributed by atoms with Gasteiger partial charge in [0.1, 0.15) is 6.10 Å². The highest BCUT2D eigenvalue weighted by Gasteiger charge is 2.21. The van der Waals surface area contributed by atoms with Crippen molar-refractivity contribution in [2.45, 2.75) is 30.7 Å². The minimum Gasteiger partial charge on any atom is -0.368 e. The molecule has 1 aliphatic rings. The van der Waals surface area contributed by atoms with Gasteiger partial charge in [0.2, 0.25) is 0 Å². The van der Waals surface area contributed by atoms with Crippen LogP contribution in [0.5, 0.6) is 0 Å². The molecule has 1 amide bonds. The Kier molecular flexibility index (Phi) is 4.57. The molecular weight excluding hydrogens is 282 g/mol. The molecule has 1 aromatic carbocycles. The lowest BCUT2D eigenvalue weighted by Crippen LogP contribution is -2.33. The first-order chi connectivity index (χ1) is 8.29. The predicted molar refractivity (Wildman–Crippen MR) is 71.3 cm³/mol. The summed E-state index contributed by atoms with van der Waals surface area (Å²) in [5, 5.41) is 3.69. The van der Waals surface area contributed by atoms with Gasteiger partial charge in [-0.05, 0) is 37.0 Å². The Morgan fingerprint density at radius 3 is 3.06 bits per heavy atom. The van der Waals surface area contributed by atoms with E-state index < -0.39 is 0 Å². The number of nitrogens with one attached hydrogen (secondary N) is 1. The van der Waals surface area contributed by atoms with E-state index in [2.05, 4.69) is 21.2 Å². The van der Waals surface area contributed by atoms with Gasteiger partial charge in [0.25, 0.3) is 5.91 Å². The SMILES string of the molecule is O=C(Nc1cccc(CBr)c1)C1CCCCO1. The van der Waals surface area contributed by atoms with Crippen molar-refractivity contribution in [2.75, 3.05) is 11.9 Å². The molecule has 92 valence electrons. The fraction of sp³-hybridized carbons (Fsp3) is 0.462. The number of carbonyl (C=O) groups is 1. The molecule has 0 aromatic heterocycles. The molecule has 0 saturated carbocycles. The van der Waals surface area contributed by atoms with Crippen molar-refractivity contribution in [3.63, 3.8) is 0 Å². The van der Waals surface area contributed by atoms with E-state index in [1.54, 1.807) is 0 Å². The average molecular weight is 298 g/mol. The van der Waals surface area contributed by atoms with Crippen LogP contribution in [0.2, 0.25) is 0 Å². The minimum absolute atomic E-state index is 0.0311. The van der Waals surface area contributed by atoms with E-state index in [0.29, 0.717) is 6.61 Å². The van der Waals surface area contributed by atoms with Crippen LogP contribution in [0.3, 0.4) is 0 Å². The molecule has 2 rings (SSSR count). The number of amides is 1. The van der Waals surface area contributed by atoms with Gasteiger partial charge >= 0.3 is 0 Å². The second-order valence-corrected chi connectivity index (χ2v) is 4.74. The van der Waals surface area contributed by atoms with Crippen molar-refractivity contribution in [3.05, 3.63) is 29.8 Å². The van der Waals surface area contributed by atoms with E-state index in [1.807, 2.05) is 24.3 Å². The van der Waals surface area contributed by atoms with Crippen molar-refractivity contribution in [1.29, 1.82) is 0 Å². The Bertz CT molecular complexity index is 389. The van der Waals surface area contributed by atoms with E-state index in [4.69, 9.17) is 4.74 Å². The number of hydrogen-bond donors (Lipinski definition) is 1. The molecular formula is C13H16BrNO2. The molecule has 1 N–H and O–H groups in total. The van der Waals surface area contributed by atoms with Crippen LogP contribution in [0.15, 0.2) is 24.3 Å². The number of hydrogen-bond acceptors (Lipinski definition) is 2. The van der Waals surface area contributed by atoms with Gasteiger partial charge in [-0.1, -0.05) is 28.1 Å². The van der Waals surface area contributed by atoms with Crippen LogP contribution in [0, 0.1) is 0 Å². The molecule has 0 aliphatic carbocycles. The number of halogens is 1. The first kappa shape index (κ1) is 12.6. The molecule has 0 radical (unpaired) electrons. The van der Waals surface area contributed by atoms with Crippen molar-refractivity contribution in [2.24, 2.45) is 0 Å². The van der Waals surface area contributed by atoms with E-state index >= 15 is 0 Å². The summed E-state index contributed by atoms with van der Waals surface area (Å²) in [4.78, 5) is 11.9. The van der Waals surface area contributed by atoms with Gasteiger partial charge in [0.05, 0.1) is 0 Å². The summed E-state index contributed by atoms with van der Waals surface area (Å²) in [6.45, 7) is 0.694. The van der Waals surface area contributed by atoms with Crippen LogP contribution in [0.1, 0.15) is 24.8 Å². The van der Waals surface area contributed by atoms with Gasteiger partial charge in [-0.15, -0.1) is 0 Å². The Hall–Kier alpha value is -0.870. The molecule has 1 fully saturated rings. The van der Waals surface area contributed by atoms with Crippen LogP contribution < -0.4 is 5.32 Å². The largest absolute Gasteiger partial charge is 0.368 e. The second kappa shape index (κ2) is 6.17. The highest BCUT2D eigenvalue weighted by atomic mass is 79.9. The van der Waals surface area contributed by atoms with Gasteiger partial charge in [0.15, 0.2) is 0 Å². The molecule has 1 aliphatic heterocycles. The number of benzene rings is 1. The van der Waals surface area contributed by atoms with E-state index in [-0.39, 0.29) is 12.0 Å². The molecule has 4 heteroatoms. The van der Waals surface area contributed by atoms with Crippen molar-refractivity contribution in [3.8, 4) is 0 Å². The molecule has 1 atom stereocenters. The molecule has 1 heterocycles. The number of anilines is 1. The maximum absolute atomic E-state index is 11.9. The summed E-state index contributed by atoms with van der Waals surface area (Å²) in [5.74, 6) is -0.0311. The van der Waals surface area contributed by atoms with Crippen LogP contribution >= 0.6 is 15.9 Å². The van der Waals surface area contributed by atoms with Gasteiger partial charge < -0.3 is 10.1 Å². The van der Waals surface area contributed by atoms with Gasteiger partial charge in [-0.25, -0.2) is 0 Å². The van der Waals surface area contributed by atoms with E-state index in [9.17, 15) is 4.79 Å². The monoisotopic (exact) mass is 297 g/mol. The third-order valence-corrected chi connectivity index (χ3v) is 3.47. The van der Waals surface area contributed by atoms with Gasteiger partial charge in [-0.3, -0.25) is 4.79 Å². The zero-order valence-electron chi connectivity index (χ0n) is 9.62.